The van der Waals surface area contributed by atoms with Gasteiger partial charge in [0.15, 0.2) is 0 Å². The molecule has 2 aliphatic rings. The highest BCUT2D eigenvalue weighted by atomic mass is 35.5. The lowest BCUT2D eigenvalue weighted by Crippen LogP contribution is -2.32. The van der Waals surface area contributed by atoms with Gasteiger partial charge in [-0.15, -0.1) is 12.4 Å². The molecule has 2 fully saturated rings. The number of nitrogens with zero attached hydrogens (tertiary/aromatic N) is 2. The minimum atomic E-state index is -0.558. The molecule has 0 aliphatic carbocycles. The zero-order valence-electron chi connectivity index (χ0n) is 11.1. The minimum absolute atomic E-state index is 0. The zero-order chi connectivity index (χ0) is 14.3. The van der Waals surface area contributed by atoms with Gasteiger partial charge in [-0.3, -0.25) is 14.9 Å². The van der Waals surface area contributed by atoms with E-state index in [-0.39, 0.29) is 34.6 Å². The van der Waals surface area contributed by atoms with Crippen molar-refractivity contribution < 1.29 is 9.72 Å². The molecule has 8 heteroatoms. The van der Waals surface area contributed by atoms with Crippen LogP contribution in [-0.2, 0) is 0 Å². The highest BCUT2D eigenvalue weighted by Gasteiger charge is 2.40. The maximum atomic E-state index is 12.5. The molecule has 21 heavy (non-hydrogen) atoms. The van der Waals surface area contributed by atoms with Crippen LogP contribution in [0.15, 0.2) is 18.2 Å². The second-order valence-corrected chi connectivity index (χ2v) is 5.69. The molecule has 0 bridgehead atoms. The Balaban J connectivity index is 0.00000161. The first-order valence-electron chi connectivity index (χ1n) is 6.51. The lowest BCUT2D eigenvalue weighted by molar-refractivity contribution is -0.385. The van der Waals surface area contributed by atoms with E-state index < -0.39 is 4.92 Å². The number of nitro benzene ring substituents is 1. The Kier molecular flexibility index (Phi) is 4.70. The minimum Gasteiger partial charge on any atom is -0.338 e. The van der Waals surface area contributed by atoms with Crippen LogP contribution in [0.25, 0.3) is 0 Å². The van der Waals surface area contributed by atoms with Crippen LogP contribution in [0.5, 0.6) is 0 Å². The average molecular weight is 332 g/mol. The number of hydrogen-bond donors (Lipinski definition) is 1. The smallest absolute Gasteiger partial charge is 0.283 e. The quantitative estimate of drug-likeness (QED) is 0.664. The second kappa shape index (κ2) is 6.17. The average Bonchev–Trinajstić information content (AvgIpc) is 2.98. The van der Waals surface area contributed by atoms with Crippen molar-refractivity contribution in [2.75, 3.05) is 26.2 Å². The molecule has 1 N–H and O–H groups in total. The molecule has 1 aromatic rings. The summed E-state index contributed by atoms with van der Waals surface area (Å²) in [7, 11) is 0. The summed E-state index contributed by atoms with van der Waals surface area (Å²) in [6.07, 6.45) is 0. The lowest BCUT2D eigenvalue weighted by Gasteiger charge is -2.18. The number of nitro groups is 1. The van der Waals surface area contributed by atoms with Gasteiger partial charge in [0, 0.05) is 32.2 Å². The Hall–Kier alpha value is -1.37. The van der Waals surface area contributed by atoms with Crippen LogP contribution in [0.1, 0.15) is 10.4 Å². The monoisotopic (exact) mass is 331 g/mol. The zero-order valence-corrected chi connectivity index (χ0v) is 12.7. The van der Waals surface area contributed by atoms with Gasteiger partial charge >= 0.3 is 0 Å². The SMILES string of the molecule is Cl.O=C(c1c(Cl)cccc1[N+](=O)[O-])N1C[C@H]2CNC[C@H]2C1. The number of nitrogens with one attached hydrogen (secondary N) is 1. The number of rotatable bonds is 2. The number of halogens is 2. The molecule has 0 aromatic heterocycles. The number of fused-ring (bicyclic) bond motifs is 1. The summed E-state index contributed by atoms with van der Waals surface area (Å²) in [5, 5.41) is 14.5. The first-order chi connectivity index (χ1) is 9.58. The van der Waals surface area contributed by atoms with Crippen molar-refractivity contribution in [3.63, 3.8) is 0 Å². The van der Waals surface area contributed by atoms with Crippen LogP contribution in [0.4, 0.5) is 5.69 Å². The van der Waals surface area contributed by atoms with Crippen LogP contribution >= 0.6 is 24.0 Å². The molecule has 1 aromatic carbocycles. The molecule has 2 aliphatic heterocycles. The van der Waals surface area contributed by atoms with Crippen LogP contribution in [0.3, 0.4) is 0 Å². The van der Waals surface area contributed by atoms with Gasteiger partial charge in [0.25, 0.3) is 11.6 Å². The van der Waals surface area contributed by atoms with Crippen molar-refractivity contribution in [2.45, 2.75) is 0 Å². The van der Waals surface area contributed by atoms with Gasteiger partial charge in [-0.2, -0.15) is 0 Å². The second-order valence-electron chi connectivity index (χ2n) is 5.28. The van der Waals surface area contributed by atoms with E-state index >= 15 is 0 Å². The van der Waals surface area contributed by atoms with Crippen molar-refractivity contribution in [3.05, 3.63) is 38.9 Å². The Bertz CT molecular complexity index is 570. The van der Waals surface area contributed by atoms with Gasteiger partial charge in [0.1, 0.15) is 5.56 Å². The van der Waals surface area contributed by atoms with E-state index in [1.54, 1.807) is 4.90 Å². The summed E-state index contributed by atoms with van der Waals surface area (Å²) in [5.74, 6) is 0.553. The molecule has 0 spiro atoms. The number of amides is 1. The summed E-state index contributed by atoms with van der Waals surface area (Å²) < 4.78 is 0. The number of hydrogen-bond acceptors (Lipinski definition) is 4. The third-order valence-corrected chi connectivity index (χ3v) is 4.39. The van der Waals surface area contributed by atoms with Crippen molar-refractivity contribution in [1.29, 1.82) is 0 Å². The predicted molar refractivity (Wildman–Crippen MR) is 81.1 cm³/mol. The van der Waals surface area contributed by atoms with Gasteiger partial charge in [-0.25, -0.2) is 0 Å². The van der Waals surface area contributed by atoms with E-state index in [1.807, 2.05) is 0 Å². The first-order valence-corrected chi connectivity index (χ1v) is 6.88. The summed E-state index contributed by atoms with van der Waals surface area (Å²) in [5.41, 5.74) is -0.218. The number of benzene rings is 1. The molecule has 1 amide bonds. The molecular weight excluding hydrogens is 317 g/mol. The van der Waals surface area contributed by atoms with E-state index in [0.29, 0.717) is 24.9 Å². The summed E-state index contributed by atoms with van der Waals surface area (Å²) in [4.78, 5) is 24.7. The van der Waals surface area contributed by atoms with Crippen molar-refractivity contribution >= 4 is 35.6 Å². The standard InChI is InChI=1S/C13H14ClN3O3.ClH/c14-10-2-1-3-11(17(19)20)12(10)13(18)16-6-8-4-15-5-9(8)7-16;/h1-3,8-9,15H,4-7H2;1H/t8-,9+;. The number of carbonyl (C=O) groups excluding carboxylic acids is 1. The summed E-state index contributed by atoms with van der Waals surface area (Å²) in [6, 6.07) is 4.32. The highest BCUT2D eigenvalue weighted by molar-refractivity contribution is 6.34. The number of likely N-dealkylation sites (tertiary alicyclic amines) is 1. The third-order valence-electron chi connectivity index (χ3n) is 4.08. The Morgan fingerprint density at radius 2 is 1.95 bits per heavy atom. The van der Waals surface area contributed by atoms with E-state index in [2.05, 4.69) is 5.32 Å². The van der Waals surface area contributed by atoms with Gasteiger partial charge in [-0.05, 0) is 17.9 Å². The van der Waals surface area contributed by atoms with Crippen molar-refractivity contribution in [3.8, 4) is 0 Å². The first kappa shape index (κ1) is 16.0. The van der Waals surface area contributed by atoms with Crippen molar-refractivity contribution in [1.82, 2.24) is 10.2 Å². The van der Waals surface area contributed by atoms with Crippen LogP contribution < -0.4 is 5.32 Å². The Labute approximate surface area is 133 Å². The third kappa shape index (κ3) is 2.84. The fourth-order valence-corrected chi connectivity index (χ4v) is 3.31. The predicted octanol–water partition coefficient (Wildman–Crippen LogP) is 1.96. The van der Waals surface area contributed by atoms with Crippen LogP contribution in [0, 0.1) is 22.0 Å². The molecular formula is C13H15Cl2N3O3. The molecule has 0 unspecified atom stereocenters. The maximum Gasteiger partial charge on any atom is 0.283 e. The van der Waals surface area contributed by atoms with E-state index in [0.717, 1.165) is 13.1 Å². The molecule has 2 heterocycles. The van der Waals surface area contributed by atoms with Gasteiger partial charge < -0.3 is 10.2 Å². The number of carbonyl (C=O) groups is 1. The largest absolute Gasteiger partial charge is 0.338 e. The fraction of sp³-hybridized carbons (Fsp3) is 0.462. The van der Waals surface area contributed by atoms with E-state index in [4.69, 9.17) is 11.6 Å². The topological polar surface area (TPSA) is 75.5 Å². The molecule has 0 saturated carbocycles. The van der Waals surface area contributed by atoms with Crippen LogP contribution in [0.2, 0.25) is 5.02 Å². The highest BCUT2D eigenvalue weighted by Crippen LogP contribution is 2.32. The molecule has 6 nitrogen and oxygen atoms in total. The summed E-state index contributed by atoms with van der Waals surface area (Å²) in [6.45, 7) is 3.08. The lowest BCUT2D eigenvalue weighted by atomic mass is 10.0. The summed E-state index contributed by atoms with van der Waals surface area (Å²) >= 11 is 6.00. The maximum absolute atomic E-state index is 12.5. The van der Waals surface area contributed by atoms with E-state index in [1.165, 1.54) is 18.2 Å². The molecule has 2 saturated heterocycles. The Morgan fingerprint density at radius 3 is 2.52 bits per heavy atom. The van der Waals surface area contributed by atoms with Crippen LogP contribution in [-0.4, -0.2) is 41.9 Å². The van der Waals surface area contributed by atoms with Gasteiger partial charge in [0.2, 0.25) is 0 Å². The molecule has 3 rings (SSSR count). The van der Waals surface area contributed by atoms with E-state index in [9.17, 15) is 14.9 Å². The van der Waals surface area contributed by atoms with Crippen molar-refractivity contribution in [2.24, 2.45) is 11.8 Å². The van der Waals surface area contributed by atoms with Gasteiger partial charge in [-0.1, -0.05) is 17.7 Å². The fourth-order valence-electron chi connectivity index (χ4n) is 3.06. The molecule has 114 valence electrons. The normalized spacial score (nSPS) is 23.6. The molecule has 2 atom stereocenters. The molecule has 0 radical (unpaired) electrons. The Morgan fingerprint density at radius 1 is 1.33 bits per heavy atom. The van der Waals surface area contributed by atoms with Gasteiger partial charge in [0.05, 0.1) is 9.95 Å².